The van der Waals surface area contributed by atoms with E-state index < -0.39 is 0 Å². The zero-order valence-electron chi connectivity index (χ0n) is 14.5. The number of hydrogen-bond donors (Lipinski definition) is 1. The summed E-state index contributed by atoms with van der Waals surface area (Å²) in [5.74, 6) is 2.16. The summed E-state index contributed by atoms with van der Waals surface area (Å²) >= 11 is 0. The third-order valence-electron chi connectivity index (χ3n) is 6.17. The first-order valence-electron chi connectivity index (χ1n) is 9.57. The van der Waals surface area contributed by atoms with Gasteiger partial charge in [-0.15, -0.1) is 0 Å². The molecule has 4 rings (SSSR count). The van der Waals surface area contributed by atoms with Gasteiger partial charge in [-0.25, -0.2) is 4.79 Å². The molecule has 1 aliphatic carbocycles. The summed E-state index contributed by atoms with van der Waals surface area (Å²) < 4.78 is 0. The van der Waals surface area contributed by atoms with Gasteiger partial charge in [0.1, 0.15) is 0 Å². The van der Waals surface area contributed by atoms with E-state index in [0.717, 1.165) is 51.1 Å². The Bertz CT molecular complexity index is 549. The van der Waals surface area contributed by atoms with Crippen LogP contribution in [-0.2, 0) is 6.54 Å². The van der Waals surface area contributed by atoms with Gasteiger partial charge in [0.2, 0.25) is 0 Å². The highest BCUT2D eigenvalue weighted by molar-refractivity contribution is 5.74. The third kappa shape index (κ3) is 3.59. The minimum absolute atomic E-state index is 0.172. The first-order chi connectivity index (χ1) is 11.8. The van der Waals surface area contributed by atoms with Crippen LogP contribution in [-0.4, -0.2) is 48.6 Å². The van der Waals surface area contributed by atoms with Crippen LogP contribution in [0, 0.1) is 17.8 Å². The summed E-state index contributed by atoms with van der Waals surface area (Å²) in [6.07, 6.45) is 5.21. The SMILES string of the molecule is O=C(NC[C@@H]1CCN(Cc2ccccc2)C1)N1C[C@H]2CCC[C@H]2C1. The highest BCUT2D eigenvalue weighted by Gasteiger charge is 2.38. The van der Waals surface area contributed by atoms with Crippen LogP contribution in [0.15, 0.2) is 30.3 Å². The van der Waals surface area contributed by atoms with E-state index in [-0.39, 0.29) is 6.03 Å². The lowest BCUT2D eigenvalue weighted by Gasteiger charge is -2.20. The molecule has 2 amide bonds. The first-order valence-corrected chi connectivity index (χ1v) is 9.57. The number of urea groups is 1. The molecule has 1 saturated carbocycles. The number of nitrogens with zero attached hydrogens (tertiary/aromatic N) is 2. The molecule has 1 aromatic carbocycles. The molecule has 130 valence electrons. The second kappa shape index (κ2) is 7.14. The van der Waals surface area contributed by atoms with E-state index in [1.54, 1.807) is 0 Å². The van der Waals surface area contributed by atoms with Crippen LogP contribution in [0.3, 0.4) is 0 Å². The molecule has 1 aromatic rings. The normalized spacial score (nSPS) is 29.8. The van der Waals surface area contributed by atoms with E-state index in [9.17, 15) is 4.79 Å². The molecular weight excluding hydrogens is 298 g/mol. The van der Waals surface area contributed by atoms with Crippen LogP contribution in [0.25, 0.3) is 0 Å². The fourth-order valence-electron chi connectivity index (χ4n) is 4.81. The second-order valence-electron chi connectivity index (χ2n) is 7.92. The molecule has 0 spiro atoms. The summed E-state index contributed by atoms with van der Waals surface area (Å²) in [6.45, 7) is 6.07. The van der Waals surface area contributed by atoms with Gasteiger partial charge in [-0.3, -0.25) is 4.90 Å². The van der Waals surface area contributed by atoms with Gasteiger partial charge < -0.3 is 10.2 Å². The second-order valence-corrected chi connectivity index (χ2v) is 7.92. The van der Waals surface area contributed by atoms with Crippen LogP contribution in [0.2, 0.25) is 0 Å². The number of fused-ring (bicyclic) bond motifs is 1. The van der Waals surface area contributed by atoms with Crippen molar-refractivity contribution >= 4 is 6.03 Å². The van der Waals surface area contributed by atoms with Crippen molar-refractivity contribution in [1.82, 2.24) is 15.1 Å². The Balaban J connectivity index is 1.19. The largest absolute Gasteiger partial charge is 0.338 e. The van der Waals surface area contributed by atoms with Crippen molar-refractivity contribution in [3.05, 3.63) is 35.9 Å². The Morgan fingerprint density at radius 1 is 1.04 bits per heavy atom. The van der Waals surface area contributed by atoms with Gasteiger partial charge in [-0.2, -0.15) is 0 Å². The van der Waals surface area contributed by atoms with Gasteiger partial charge >= 0.3 is 6.03 Å². The molecule has 1 N–H and O–H groups in total. The molecule has 0 aromatic heterocycles. The zero-order valence-corrected chi connectivity index (χ0v) is 14.5. The zero-order chi connectivity index (χ0) is 16.4. The van der Waals surface area contributed by atoms with Crippen LogP contribution in [0.1, 0.15) is 31.2 Å². The maximum atomic E-state index is 12.4. The van der Waals surface area contributed by atoms with E-state index in [0.29, 0.717) is 5.92 Å². The topological polar surface area (TPSA) is 35.6 Å². The van der Waals surface area contributed by atoms with E-state index in [4.69, 9.17) is 0 Å². The van der Waals surface area contributed by atoms with Crippen molar-refractivity contribution in [3.8, 4) is 0 Å². The lowest BCUT2D eigenvalue weighted by molar-refractivity contribution is 0.203. The number of nitrogens with one attached hydrogen (secondary N) is 1. The van der Waals surface area contributed by atoms with Gasteiger partial charge in [-0.1, -0.05) is 36.8 Å². The quantitative estimate of drug-likeness (QED) is 0.923. The average molecular weight is 327 g/mol. The maximum absolute atomic E-state index is 12.4. The Hall–Kier alpha value is -1.55. The molecule has 0 radical (unpaired) electrons. The van der Waals surface area contributed by atoms with Gasteiger partial charge in [0.05, 0.1) is 0 Å². The van der Waals surface area contributed by atoms with Crippen molar-refractivity contribution in [1.29, 1.82) is 0 Å². The number of rotatable bonds is 4. The van der Waals surface area contributed by atoms with Crippen LogP contribution in [0.5, 0.6) is 0 Å². The molecule has 2 saturated heterocycles. The van der Waals surface area contributed by atoms with E-state index in [1.807, 2.05) is 0 Å². The number of amides is 2. The molecule has 3 atom stereocenters. The summed E-state index contributed by atoms with van der Waals surface area (Å²) in [6, 6.07) is 10.8. The number of hydrogen-bond acceptors (Lipinski definition) is 2. The summed E-state index contributed by atoms with van der Waals surface area (Å²) in [4.78, 5) is 17.0. The Kier molecular flexibility index (Phi) is 4.74. The van der Waals surface area contributed by atoms with Crippen molar-refractivity contribution in [3.63, 3.8) is 0 Å². The minimum Gasteiger partial charge on any atom is -0.338 e. The lowest BCUT2D eigenvalue weighted by atomic mass is 10.0. The van der Waals surface area contributed by atoms with Crippen molar-refractivity contribution < 1.29 is 4.79 Å². The fourth-order valence-corrected chi connectivity index (χ4v) is 4.81. The molecule has 2 aliphatic heterocycles. The molecule has 0 unspecified atom stereocenters. The Morgan fingerprint density at radius 2 is 1.79 bits per heavy atom. The molecule has 4 heteroatoms. The van der Waals surface area contributed by atoms with Crippen molar-refractivity contribution in [2.24, 2.45) is 17.8 Å². The van der Waals surface area contributed by atoms with Gasteiger partial charge in [0.15, 0.2) is 0 Å². The summed E-state index contributed by atoms with van der Waals surface area (Å²) in [5, 5.41) is 3.20. The van der Waals surface area contributed by atoms with Gasteiger partial charge in [0.25, 0.3) is 0 Å². The lowest BCUT2D eigenvalue weighted by Crippen LogP contribution is -2.41. The number of carbonyl (C=O) groups is 1. The van der Waals surface area contributed by atoms with Crippen LogP contribution in [0.4, 0.5) is 4.79 Å². The van der Waals surface area contributed by atoms with Gasteiger partial charge in [0, 0.05) is 32.7 Å². The number of benzene rings is 1. The molecule has 24 heavy (non-hydrogen) atoms. The van der Waals surface area contributed by atoms with E-state index in [2.05, 4.69) is 45.4 Å². The maximum Gasteiger partial charge on any atom is 0.317 e. The highest BCUT2D eigenvalue weighted by atomic mass is 16.2. The molecular formula is C20H29N3O. The number of carbonyl (C=O) groups excluding carboxylic acids is 1. The first kappa shape index (κ1) is 15.9. The highest BCUT2D eigenvalue weighted by Crippen LogP contribution is 2.37. The minimum atomic E-state index is 0.172. The van der Waals surface area contributed by atoms with Crippen molar-refractivity contribution in [2.75, 3.05) is 32.7 Å². The van der Waals surface area contributed by atoms with E-state index in [1.165, 1.54) is 31.2 Å². The molecule has 0 bridgehead atoms. The number of likely N-dealkylation sites (tertiary alicyclic amines) is 2. The smallest absolute Gasteiger partial charge is 0.317 e. The monoisotopic (exact) mass is 327 g/mol. The Morgan fingerprint density at radius 3 is 2.54 bits per heavy atom. The molecule has 3 aliphatic rings. The van der Waals surface area contributed by atoms with E-state index >= 15 is 0 Å². The summed E-state index contributed by atoms with van der Waals surface area (Å²) in [5.41, 5.74) is 1.38. The fraction of sp³-hybridized carbons (Fsp3) is 0.650. The average Bonchev–Trinajstić information content (AvgIpc) is 3.29. The van der Waals surface area contributed by atoms with Crippen LogP contribution < -0.4 is 5.32 Å². The predicted octanol–water partition coefficient (Wildman–Crippen LogP) is 2.95. The van der Waals surface area contributed by atoms with Gasteiger partial charge in [-0.05, 0) is 49.1 Å². The van der Waals surface area contributed by atoms with Crippen molar-refractivity contribution in [2.45, 2.75) is 32.2 Å². The molecule has 4 nitrogen and oxygen atoms in total. The third-order valence-corrected chi connectivity index (χ3v) is 6.17. The standard InChI is InChI=1S/C20H29N3O/c24-20(23-14-18-7-4-8-19(18)15-23)21-11-17-9-10-22(13-17)12-16-5-2-1-3-6-16/h1-3,5-6,17-19H,4,7-15H2,(H,21,24)/t17-,18-,19+/m0/s1. The predicted molar refractivity (Wildman–Crippen MR) is 95.6 cm³/mol. The molecule has 3 fully saturated rings. The molecule has 2 heterocycles. The van der Waals surface area contributed by atoms with Crippen LogP contribution >= 0.6 is 0 Å². The summed E-state index contributed by atoms with van der Waals surface area (Å²) in [7, 11) is 0. The Labute approximate surface area is 145 Å².